The Morgan fingerprint density at radius 1 is 0.906 bits per heavy atom. The van der Waals surface area contributed by atoms with Crippen molar-refractivity contribution in [3.05, 3.63) is 77.9 Å². The average molecular weight is 452 g/mol. The van der Waals surface area contributed by atoms with Crippen LogP contribution in [0.5, 0.6) is 0 Å². The summed E-state index contributed by atoms with van der Waals surface area (Å²) < 4.78 is 5.85. The fourth-order valence-corrected chi connectivity index (χ4v) is 5.70. The van der Waals surface area contributed by atoms with Gasteiger partial charge in [-0.25, -0.2) is 4.79 Å². The van der Waals surface area contributed by atoms with Crippen LogP contribution in [0.4, 0.5) is 4.79 Å². The third-order valence-electron chi connectivity index (χ3n) is 6.52. The molecular formula is C27H37NO3Si. The van der Waals surface area contributed by atoms with Crippen molar-refractivity contribution in [1.29, 1.82) is 0 Å². The number of Topliss-reactive ketones (excluding diaryl/α,β-unsaturated/α-hetero) is 1. The molecule has 1 atom stereocenters. The highest BCUT2D eigenvalue weighted by Gasteiger charge is 2.40. The molecule has 0 aliphatic heterocycles. The van der Waals surface area contributed by atoms with Gasteiger partial charge in [0.15, 0.2) is 6.10 Å². The van der Waals surface area contributed by atoms with Crippen molar-refractivity contribution in [3.8, 4) is 0 Å². The zero-order valence-electron chi connectivity index (χ0n) is 20.5. The first-order valence-electron chi connectivity index (χ1n) is 11.4. The molecule has 2 aromatic carbocycles. The molecule has 172 valence electrons. The van der Waals surface area contributed by atoms with Crippen molar-refractivity contribution in [3.63, 3.8) is 0 Å². The lowest BCUT2D eigenvalue weighted by molar-refractivity contribution is 0.0616. The molecule has 1 amide bonds. The van der Waals surface area contributed by atoms with Crippen LogP contribution in [-0.2, 0) is 4.74 Å². The van der Waals surface area contributed by atoms with E-state index in [1.54, 1.807) is 17.0 Å². The Morgan fingerprint density at radius 3 is 1.81 bits per heavy atom. The van der Waals surface area contributed by atoms with Crippen molar-refractivity contribution >= 4 is 25.1 Å². The molecule has 0 saturated heterocycles. The second kappa shape index (κ2) is 10.8. The second-order valence-corrected chi connectivity index (χ2v) is 14.8. The number of ether oxygens (including phenoxy) is 1. The summed E-state index contributed by atoms with van der Waals surface area (Å²) in [6.45, 7) is 16.2. The maximum Gasteiger partial charge on any atom is 0.410 e. The SMILES string of the molecule is CCN(CC)C(=O)OC(/C=C(\c1ccccc1)[Si](C)(C)C(C)(C)C)C(=O)c1ccccc1. The van der Waals surface area contributed by atoms with E-state index in [0.717, 1.165) is 10.8 Å². The summed E-state index contributed by atoms with van der Waals surface area (Å²) in [6.07, 6.45) is 0.446. The zero-order chi connectivity index (χ0) is 23.9. The third-order valence-corrected chi connectivity index (χ3v) is 12.1. The second-order valence-electron chi connectivity index (χ2n) is 9.53. The van der Waals surface area contributed by atoms with E-state index in [0.29, 0.717) is 18.7 Å². The summed E-state index contributed by atoms with van der Waals surface area (Å²) >= 11 is 0. The van der Waals surface area contributed by atoms with Gasteiger partial charge in [-0.1, -0.05) is 99.7 Å². The van der Waals surface area contributed by atoms with E-state index in [9.17, 15) is 9.59 Å². The van der Waals surface area contributed by atoms with Gasteiger partial charge in [-0.3, -0.25) is 4.79 Å². The van der Waals surface area contributed by atoms with Gasteiger partial charge in [0.25, 0.3) is 0 Å². The van der Waals surface area contributed by atoms with Crippen LogP contribution in [0.2, 0.25) is 18.1 Å². The quantitative estimate of drug-likeness (QED) is 0.326. The topological polar surface area (TPSA) is 46.6 Å². The molecule has 0 aliphatic carbocycles. The third kappa shape index (κ3) is 5.97. The highest BCUT2D eigenvalue weighted by Crippen LogP contribution is 2.44. The summed E-state index contributed by atoms with van der Waals surface area (Å²) in [5.74, 6) is -0.210. The molecule has 0 fully saturated rings. The number of hydrogen-bond acceptors (Lipinski definition) is 3. The number of amides is 1. The summed E-state index contributed by atoms with van der Waals surface area (Å²) in [5, 5.41) is 1.16. The lowest BCUT2D eigenvalue weighted by Gasteiger charge is -2.40. The molecule has 0 saturated carbocycles. The fourth-order valence-electron chi connectivity index (χ4n) is 3.43. The molecular weight excluding hydrogens is 414 g/mol. The minimum atomic E-state index is -2.08. The molecule has 0 aliphatic rings. The van der Waals surface area contributed by atoms with Crippen molar-refractivity contribution in [1.82, 2.24) is 4.90 Å². The molecule has 0 spiro atoms. The Morgan fingerprint density at radius 2 is 1.38 bits per heavy atom. The molecule has 5 heteroatoms. The molecule has 0 N–H and O–H groups in total. The minimum absolute atomic E-state index is 0.0396. The molecule has 0 radical (unpaired) electrons. The molecule has 1 unspecified atom stereocenters. The van der Waals surface area contributed by atoms with Gasteiger partial charge < -0.3 is 9.64 Å². The predicted molar refractivity (Wildman–Crippen MR) is 136 cm³/mol. The number of hydrogen-bond donors (Lipinski definition) is 0. The van der Waals surface area contributed by atoms with Gasteiger partial charge in [0.05, 0.1) is 8.07 Å². The van der Waals surface area contributed by atoms with E-state index in [4.69, 9.17) is 4.74 Å². The Balaban J connectivity index is 2.64. The minimum Gasteiger partial charge on any atom is -0.433 e. The van der Waals surface area contributed by atoms with E-state index in [2.05, 4.69) is 46.0 Å². The zero-order valence-corrected chi connectivity index (χ0v) is 21.5. The van der Waals surface area contributed by atoms with Crippen LogP contribution in [0.15, 0.2) is 66.7 Å². The van der Waals surface area contributed by atoms with E-state index in [-0.39, 0.29) is 10.8 Å². The number of nitrogens with zero attached hydrogens (tertiary/aromatic N) is 1. The van der Waals surface area contributed by atoms with Gasteiger partial charge in [-0.2, -0.15) is 0 Å². The smallest absolute Gasteiger partial charge is 0.410 e. The average Bonchev–Trinajstić information content (AvgIpc) is 2.77. The van der Waals surface area contributed by atoms with Gasteiger partial charge in [-0.05, 0) is 30.5 Å². The molecule has 0 heterocycles. The van der Waals surface area contributed by atoms with Crippen LogP contribution in [0, 0.1) is 0 Å². The fraction of sp³-hybridized carbons (Fsp3) is 0.407. The standard InChI is InChI=1S/C27H37NO3Si/c1-8-28(9-2)26(30)31-23(25(29)22-18-14-11-15-19-22)20-24(21-16-12-10-13-17-21)32(6,7)27(3,4)5/h10-20,23H,8-9H2,1-7H3/b24-20+. The van der Waals surface area contributed by atoms with Crippen LogP contribution in [0.3, 0.4) is 0 Å². The van der Waals surface area contributed by atoms with Gasteiger partial charge >= 0.3 is 6.09 Å². The number of carbonyl (C=O) groups excluding carboxylic acids is 2. The largest absolute Gasteiger partial charge is 0.433 e. The Bertz CT molecular complexity index is 926. The summed E-state index contributed by atoms with van der Waals surface area (Å²) in [5.41, 5.74) is 1.60. The highest BCUT2D eigenvalue weighted by molar-refractivity contribution is 6.96. The number of benzene rings is 2. The normalized spacial score (nSPS) is 13.4. The summed E-state index contributed by atoms with van der Waals surface area (Å²) in [4.78, 5) is 27.9. The maximum absolute atomic E-state index is 13.5. The predicted octanol–water partition coefficient (Wildman–Crippen LogP) is 6.85. The van der Waals surface area contributed by atoms with Crippen molar-refractivity contribution < 1.29 is 14.3 Å². The maximum atomic E-state index is 13.5. The number of rotatable bonds is 8. The van der Waals surface area contributed by atoms with Crippen molar-refractivity contribution in [2.75, 3.05) is 13.1 Å². The number of ketones is 1. The Kier molecular flexibility index (Phi) is 8.62. The lowest BCUT2D eigenvalue weighted by atomic mass is 10.0. The van der Waals surface area contributed by atoms with Crippen LogP contribution in [0.25, 0.3) is 5.20 Å². The van der Waals surface area contributed by atoms with Gasteiger partial charge in [0, 0.05) is 18.7 Å². The molecule has 0 bridgehead atoms. The van der Waals surface area contributed by atoms with E-state index >= 15 is 0 Å². The van der Waals surface area contributed by atoms with Gasteiger partial charge in [0.2, 0.25) is 5.78 Å². The van der Waals surface area contributed by atoms with Crippen LogP contribution >= 0.6 is 0 Å². The molecule has 0 aromatic heterocycles. The molecule has 4 nitrogen and oxygen atoms in total. The van der Waals surface area contributed by atoms with Crippen molar-refractivity contribution in [2.45, 2.75) is 58.9 Å². The summed E-state index contributed by atoms with van der Waals surface area (Å²) in [6, 6.07) is 19.2. The molecule has 2 rings (SSSR count). The first-order valence-corrected chi connectivity index (χ1v) is 14.4. The van der Waals surface area contributed by atoms with Crippen LogP contribution in [-0.4, -0.2) is 44.0 Å². The first kappa shape index (κ1) is 25.6. The van der Waals surface area contributed by atoms with Gasteiger partial charge in [-0.15, -0.1) is 0 Å². The Hall–Kier alpha value is -2.66. The van der Waals surface area contributed by atoms with E-state index in [1.807, 2.05) is 56.3 Å². The molecule has 2 aromatic rings. The monoisotopic (exact) mass is 451 g/mol. The highest BCUT2D eigenvalue weighted by atomic mass is 28.3. The summed E-state index contributed by atoms with van der Waals surface area (Å²) in [7, 11) is -2.08. The van der Waals surface area contributed by atoms with E-state index in [1.165, 1.54) is 0 Å². The lowest BCUT2D eigenvalue weighted by Crippen LogP contribution is -2.41. The van der Waals surface area contributed by atoms with Crippen LogP contribution in [0.1, 0.15) is 50.5 Å². The number of carbonyl (C=O) groups is 2. The Labute approximate surface area is 194 Å². The van der Waals surface area contributed by atoms with Gasteiger partial charge in [0.1, 0.15) is 0 Å². The van der Waals surface area contributed by atoms with Crippen molar-refractivity contribution in [2.24, 2.45) is 0 Å². The van der Waals surface area contributed by atoms with E-state index < -0.39 is 20.3 Å². The molecule has 32 heavy (non-hydrogen) atoms. The first-order chi connectivity index (χ1) is 15.0. The van der Waals surface area contributed by atoms with Crippen LogP contribution < -0.4 is 0 Å².